The fourth-order valence-electron chi connectivity index (χ4n) is 1.11. The molecule has 0 saturated heterocycles. The molecule has 86 valence electrons. The van der Waals surface area contributed by atoms with Gasteiger partial charge in [0.15, 0.2) is 0 Å². The number of carbonyl (C=O) groups excluding carboxylic acids is 1. The first kappa shape index (κ1) is 12.4. The number of halogens is 1. The molecule has 0 aliphatic carbocycles. The Morgan fingerprint density at radius 1 is 1.69 bits per heavy atom. The van der Waals surface area contributed by atoms with Crippen molar-refractivity contribution < 1.29 is 14.5 Å². The van der Waals surface area contributed by atoms with Gasteiger partial charge in [0.2, 0.25) is 5.15 Å². The molecule has 0 aromatic carbocycles. The van der Waals surface area contributed by atoms with Gasteiger partial charge in [0.05, 0.1) is 22.8 Å². The molecule has 0 unspecified atom stereocenters. The van der Waals surface area contributed by atoms with Gasteiger partial charge in [-0.1, -0.05) is 11.6 Å². The van der Waals surface area contributed by atoms with Crippen LogP contribution in [0.2, 0.25) is 5.15 Å². The monoisotopic (exact) mass is 244 g/mol. The lowest BCUT2D eigenvalue weighted by Gasteiger charge is -2.05. The number of carbonyl (C=O) groups is 1. The van der Waals surface area contributed by atoms with Crippen LogP contribution in [0, 0.1) is 17.0 Å². The second-order valence-electron chi connectivity index (χ2n) is 2.91. The fraction of sp³-hybridized carbons (Fsp3) is 0.333. The van der Waals surface area contributed by atoms with E-state index in [2.05, 4.69) is 4.98 Å². The van der Waals surface area contributed by atoms with Crippen molar-refractivity contribution in [1.82, 2.24) is 4.98 Å². The van der Waals surface area contributed by atoms with E-state index < -0.39 is 16.6 Å². The molecule has 0 saturated carbocycles. The maximum Gasteiger partial charge on any atom is 0.340 e. The average molecular weight is 245 g/mol. The number of esters is 1. The molecule has 0 bridgehead atoms. The molecule has 0 spiro atoms. The van der Waals surface area contributed by atoms with Gasteiger partial charge in [0, 0.05) is 6.07 Å². The van der Waals surface area contributed by atoms with E-state index in [1.165, 1.54) is 6.92 Å². The molecular weight excluding hydrogens is 236 g/mol. The zero-order valence-electron chi connectivity index (χ0n) is 8.69. The smallest absolute Gasteiger partial charge is 0.340 e. The highest BCUT2D eigenvalue weighted by Crippen LogP contribution is 2.24. The van der Waals surface area contributed by atoms with E-state index in [1.807, 2.05) is 0 Å². The molecule has 1 heterocycles. The van der Waals surface area contributed by atoms with Crippen molar-refractivity contribution in [2.24, 2.45) is 0 Å². The number of rotatable bonds is 3. The van der Waals surface area contributed by atoms with Crippen molar-refractivity contribution in [2.45, 2.75) is 13.8 Å². The average Bonchev–Trinajstić information content (AvgIpc) is 2.17. The van der Waals surface area contributed by atoms with Crippen molar-refractivity contribution in [1.29, 1.82) is 0 Å². The van der Waals surface area contributed by atoms with Gasteiger partial charge in [0.1, 0.15) is 0 Å². The predicted molar refractivity (Wildman–Crippen MR) is 56.6 cm³/mol. The first-order chi connectivity index (χ1) is 7.47. The van der Waals surface area contributed by atoms with Crippen LogP contribution in [0.25, 0.3) is 0 Å². The molecule has 0 atom stereocenters. The number of hydrogen-bond donors (Lipinski definition) is 0. The minimum atomic E-state index is -0.697. The molecular formula is C9H9ClN2O4. The molecule has 0 N–H and O–H groups in total. The molecule has 0 fully saturated rings. The third kappa shape index (κ3) is 2.46. The number of nitrogens with zero attached hydrogens (tertiary/aromatic N) is 2. The topological polar surface area (TPSA) is 82.3 Å². The summed E-state index contributed by atoms with van der Waals surface area (Å²) in [4.78, 5) is 25.0. The van der Waals surface area contributed by atoms with Gasteiger partial charge < -0.3 is 4.74 Å². The zero-order chi connectivity index (χ0) is 12.3. The lowest BCUT2D eigenvalue weighted by atomic mass is 10.2. The van der Waals surface area contributed by atoms with E-state index in [0.29, 0.717) is 5.69 Å². The minimum absolute atomic E-state index is 0.0537. The molecule has 16 heavy (non-hydrogen) atoms. The second-order valence-corrected chi connectivity index (χ2v) is 3.27. The van der Waals surface area contributed by atoms with Crippen LogP contribution >= 0.6 is 11.6 Å². The Balaban J connectivity index is 3.24. The highest BCUT2D eigenvalue weighted by molar-refractivity contribution is 6.31. The van der Waals surface area contributed by atoms with Crippen LogP contribution in [-0.4, -0.2) is 22.5 Å². The summed E-state index contributed by atoms with van der Waals surface area (Å²) < 4.78 is 4.74. The predicted octanol–water partition coefficient (Wildman–Crippen LogP) is 2.13. The van der Waals surface area contributed by atoms with Crippen molar-refractivity contribution in [2.75, 3.05) is 6.61 Å². The molecule has 1 rings (SSSR count). The molecule has 6 nitrogen and oxygen atoms in total. The summed E-state index contributed by atoms with van der Waals surface area (Å²) in [6.07, 6.45) is 0. The summed E-state index contributed by atoms with van der Waals surface area (Å²) in [5.41, 5.74) is -0.0534. The van der Waals surface area contributed by atoms with E-state index in [9.17, 15) is 14.9 Å². The van der Waals surface area contributed by atoms with Gasteiger partial charge in [0.25, 0.3) is 0 Å². The number of aromatic nitrogens is 1. The van der Waals surface area contributed by atoms with E-state index in [-0.39, 0.29) is 17.3 Å². The zero-order valence-corrected chi connectivity index (χ0v) is 9.45. The van der Waals surface area contributed by atoms with E-state index in [0.717, 1.165) is 6.07 Å². The number of nitro groups is 1. The molecule has 0 aliphatic rings. The van der Waals surface area contributed by atoms with Crippen LogP contribution in [0.1, 0.15) is 23.0 Å². The van der Waals surface area contributed by atoms with E-state index >= 15 is 0 Å². The highest BCUT2D eigenvalue weighted by atomic mass is 35.5. The Morgan fingerprint density at radius 2 is 2.31 bits per heavy atom. The molecule has 0 radical (unpaired) electrons. The Labute approximate surface area is 96.3 Å². The summed E-state index contributed by atoms with van der Waals surface area (Å²) in [5.74, 6) is -0.646. The maximum atomic E-state index is 11.4. The summed E-state index contributed by atoms with van der Waals surface area (Å²) in [6, 6.07) is 1.07. The molecule has 0 aliphatic heterocycles. The summed E-state index contributed by atoms with van der Waals surface area (Å²) in [7, 11) is 0. The molecule has 1 aromatic rings. The highest BCUT2D eigenvalue weighted by Gasteiger charge is 2.21. The van der Waals surface area contributed by atoms with Gasteiger partial charge in [-0.05, 0) is 13.8 Å². The largest absolute Gasteiger partial charge is 0.462 e. The van der Waals surface area contributed by atoms with Crippen molar-refractivity contribution in [3.8, 4) is 0 Å². The Hall–Kier alpha value is -1.69. The quantitative estimate of drug-likeness (QED) is 0.352. The first-order valence-electron chi connectivity index (χ1n) is 4.46. The lowest BCUT2D eigenvalue weighted by molar-refractivity contribution is -0.385. The number of pyridine rings is 1. The third-order valence-electron chi connectivity index (χ3n) is 1.84. The first-order valence-corrected chi connectivity index (χ1v) is 4.83. The Morgan fingerprint density at radius 3 is 2.81 bits per heavy atom. The molecule has 0 amide bonds. The lowest BCUT2D eigenvalue weighted by Crippen LogP contribution is -2.09. The normalized spacial score (nSPS) is 9.94. The van der Waals surface area contributed by atoms with Crippen LogP contribution in [0.5, 0.6) is 0 Å². The van der Waals surface area contributed by atoms with E-state index in [1.54, 1.807) is 6.92 Å². The van der Waals surface area contributed by atoms with Gasteiger partial charge in [-0.2, -0.15) is 0 Å². The summed E-state index contributed by atoms with van der Waals surface area (Å²) >= 11 is 5.57. The number of aryl methyl sites for hydroxylation is 1. The van der Waals surface area contributed by atoms with Crippen LogP contribution in [0.3, 0.4) is 0 Å². The summed E-state index contributed by atoms with van der Waals surface area (Å²) in [5, 5.41) is 10.4. The standard InChI is InChI=1S/C9H9ClN2O4/c1-3-16-9(13)6-4-7(12(14)15)8(10)11-5(6)2/h4H,3H2,1-2H3. The third-order valence-corrected chi connectivity index (χ3v) is 2.12. The van der Waals surface area contributed by atoms with Crippen LogP contribution in [-0.2, 0) is 4.74 Å². The SMILES string of the molecule is CCOC(=O)c1cc([N+](=O)[O-])c(Cl)nc1C. The van der Waals surface area contributed by atoms with Crippen molar-refractivity contribution in [3.63, 3.8) is 0 Å². The second kappa shape index (κ2) is 4.89. The van der Waals surface area contributed by atoms with Crippen molar-refractivity contribution in [3.05, 3.63) is 32.6 Å². The Bertz CT molecular complexity index is 447. The van der Waals surface area contributed by atoms with Crippen molar-refractivity contribution >= 4 is 23.3 Å². The fourth-order valence-corrected chi connectivity index (χ4v) is 1.36. The summed E-state index contributed by atoms with van der Waals surface area (Å²) in [6.45, 7) is 3.36. The van der Waals surface area contributed by atoms with Crippen LogP contribution in [0.4, 0.5) is 5.69 Å². The number of ether oxygens (including phenoxy) is 1. The molecule has 7 heteroatoms. The number of hydrogen-bond acceptors (Lipinski definition) is 5. The van der Waals surface area contributed by atoms with Gasteiger partial charge in [-0.3, -0.25) is 10.1 Å². The van der Waals surface area contributed by atoms with Gasteiger partial charge >= 0.3 is 11.7 Å². The Kier molecular flexibility index (Phi) is 3.78. The maximum absolute atomic E-state index is 11.4. The van der Waals surface area contributed by atoms with Gasteiger partial charge in [-0.15, -0.1) is 0 Å². The van der Waals surface area contributed by atoms with Crippen LogP contribution < -0.4 is 0 Å². The molecule has 1 aromatic heterocycles. The van der Waals surface area contributed by atoms with Crippen LogP contribution in [0.15, 0.2) is 6.07 Å². The van der Waals surface area contributed by atoms with Gasteiger partial charge in [-0.25, -0.2) is 9.78 Å². The minimum Gasteiger partial charge on any atom is -0.462 e. The van der Waals surface area contributed by atoms with E-state index in [4.69, 9.17) is 16.3 Å².